The third kappa shape index (κ3) is 1.02. The van der Waals surface area contributed by atoms with Crippen LogP contribution in [0.1, 0.15) is 11.1 Å². The molecule has 0 radical (unpaired) electrons. The fourth-order valence-electron chi connectivity index (χ4n) is 1.43. The Morgan fingerprint density at radius 2 is 2.33 bits per heavy atom. The van der Waals surface area contributed by atoms with Crippen molar-refractivity contribution in [2.45, 2.75) is 6.54 Å². The van der Waals surface area contributed by atoms with Crippen LogP contribution in [0.4, 0.5) is 4.39 Å². The molecule has 2 heterocycles. The quantitative estimate of drug-likeness (QED) is 0.585. The van der Waals surface area contributed by atoms with Gasteiger partial charge >= 0.3 is 0 Å². The molecule has 62 valence electrons. The Labute approximate surface area is 70.1 Å². The molecule has 0 aromatic carbocycles. The van der Waals surface area contributed by atoms with Gasteiger partial charge in [0.25, 0.3) is 0 Å². The van der Waals surface area contributed by atoms with Gasteiger partial charge in [0.15, 0.2) is 0 Å². The summed E-state index contributed by atoms with van der Waals surface area (Å²) in [5.74, 6) is -0.404. The molecule has 0 saturated carbocycles. The van der Waals surface area contributed by atoms with Gasteiger partial charge in [-0.05, 0) is 17.2 Å². The second-order valence-corrected chi connectivity index (χ2v) is 2.84. The fourth-order valence-corrected chi connectivity index (χ4v) is 1.43. The van der Waals surface area contributed by atoms with E-state index in [1.165, 1.54) is 6.20 Å². The van der Waals surface area contributed by atoms with E-state index in [4.69, 9.17) is 0 Å². The van der Waals surface area contributed by atoms with Crippen LogP contribution in [0, 0.1) is 5.95 Å². The highest BCUT2D eigenvalue weighted by Gasteiger charge is 2.16. The molecule has 0 saturated heterocycles. The summed E-state index contributed by atoms with van der Waals surface area (Å²) in [6, 6.07) is 1.82. The number of nitrogens with zero attached hydrogens (tertiary/aromatic N) is 1. The van der Waals surface area contributed by atoms with E-state index < -0.39 is 5.95 Å². The van der Waals surface area contributed by atoms with Gasteiger partial charge in [-0.2, -0.15) is 4.39 Å². The largest absolute Gasteiger partial charge is 0.309 e. The van der Waals surface area contributed by atoms with Gasteiger partial charge in [-0.15, -0.1) is 0 Å². The second-order valence-electron chi connectivity index (χ2n) is 2.84. The molecule has 0 amide bonds. The van der Waals surface area contributed by atoms with E-state index in [2.05, 4.69) is 16.9 Å². The van der Waals surface area contributed by atoms with E-state index in [1.807, 2.05) is 6.07 Å². The van der Waals surface area contributed by atoms with Crippen molar-refractivity contribution in [2.75, 3.05) is 6.54 Å². The van der Waals surface area contributed by atoms with Crippen LogP contribution in [0.5, 0.6) is 0 Å². The zero-order valence-electron chi connectivity index (χ0n) is 6.60. The van der Waals surface area contributed by atoms with E-state index in [0.717, 1.165) is 11.1 Å². The molecule has 1 aliphatic rings. The Morgan fingerprint density at radius 1 is 1.50 bits per heavy atom. The number of halogens is 1. The lowest BCUT2D eigenvalue weighted by molar-refractivity contribution is 0.569. The van der Waals surface area contributed by atoms with E-state index >= 15 is 0 Å². The Morgan fingerprint density at radius 3 is 3.08 bits per heavy atom. The number of aromatic nitrogens is 1. The maximum atomic E-state index is 13.1. The number of rotatable bonds is 0. The number of hydrogen-bond donors (Lipinski definition) is 1. The van der Waals surface area contributed by atoms with Crippen LogP contribution in [0.2, 0.25) is 0 Å². The average molecular weight is 164 g/mol. The Balaban J connectivity index is 2.60. The third-order valence-corrected chi connectivity index (χ3v) is 2.00. The molecular formula is C9H9FN2. The first-order valence-electron chi connectivity index (χ1n) is 3.81. The van der Waals surface area contributed by atoms with Gasteiger partial charge in [0.1, 0.15) is 0 Å². The number of pyridine rings is 1. The summed E-state index contributed by atoms with van der Waals surface area (Å²) in [6.07, 6.45) is 1.48. The Kier molecular flexibility index (Phi) is 1.66. The van der Waals surface area contributed by atoms with E-state index in [9.17, 15) is 4.39 Å². The SMILES string of the molecule is C=C1CNCc2ccnc(F)c21. The lowest BCUT2D eigenvalue weighted by Crippen LogP contribution is -2.23. The van der Waals surface area contributed by atoms with Gasteiger partial charge in [0.2, 0.25) is 5.95 Å². The fraction of sp³-hybridized carbons (Fsp3) is 0.222. The van der Waals surface area contributed by atoms with Crippen molar-refractivity contribution in [2.24, 2.45) is 0 Å². The summed E-state index contributed by atoms with van der Waals surface area (Å²) in [5, 5.41) is 3.12. The predicted octanol–water partition coefficient (Wildman–Crippen LogP) is 1.34. The highest BCUT2D eigenvalue weighted by Crippen LogP contribution is 2.22. The summed E-state index contributed by atoms with van der Waals surface area (Å²) in [7, 11) is 0. The van der Waals surface area contributed by atoms with Crippen LogP contribution in [0.25, 0.3) is 5.57 Å². The van der Waals surface area contributed by atoms with Crippen molar-refractivity contribution in [3.05, 3.63) is 35.9 Å². The van der Waals surface area contributed by atoms with Crippen LogP contribution >= 0.6 is 0 Å². The maximum Gasteiger partial charge on any atom is 0.220 e. The van der Waals surface area contributed by atoms with Crippen molar-refractivity contribution in [1.82, 2.24) is 10.3 Å². The molecule has 3 heteroatoms. The van der Waals surface area contributed by atoms with Gasteiger partial charge in [-0.25, -0.2) is 4.98 Å². The van der Waals surface area contributed by atoms with Crippen molar-refractivity contribution in [3.8, 4) is 0 Å². The summed E-state index contributed by atoms with van der Waals surface area (Å²) in [4.78, 5) is 3.59. The zero-order chi connectivity index (χ0) is 8.55. The lowest BCUT2D eigenvalue weighted by Gasteiger charge is -2.18. The van der Waals surface area contributed by atoms with Crippen molar-refractivity contribution < 1.29 is 4.39 Å². The molecule has 1 aromatic heterocycles. The van der Waals surface area contributed by atoms with Crippen LogP contribution in [-0.4, -0.2) is 11.5 Å². The monoisotopic (exact) mass is 164 g/mol. The van der Waals surface area contributed by atoms with Crippen LogP contribution in [-0.2, 0) is 6.54 Å². The van der Waals surface area contributed by atoms with E-state index in [-0.39, 0.29) is 0 Å². The molecule has 0 unspecified atom stereocenters. The number of hydrogen-bond acceptors (Lipinski definition) is 2. The van der Waals surface area contributed by atoms with Crippen LogP contribution in [0.15, 0.2) is 18.8 Å². The molecule has 0 atom stereocenters. The highest BCUT2D eigenvalue weighted by molar-refractivity contribution is 5.68. The van der Waals surface area contributed by atoms with Crippen LogP contribution < -0.4 is 5.32 Å². The first-order chi connectivity index (χ1) is 5.79. The molecule has 2 nitrogen and oxygen atoms in total. The molecule has 1 N–H and O–H groups in total. The normalized spacial score (nSPS) is 15.9. The maximum absolute atomic E-state index is 13.1. The lowest BCUT2D eigenvalue weighted by atomic mass is 10.00. The topological polar surface area (TPSA) is 24.9 Å². The molecule has 0 bridgehead atoms. The van der Waals surface area contributed by atoms with Crippen LogP contribution in [0.3, 0.4) is 0 Å². The summed E-state index contributed by atoms with van der Waals surface area (Å²) in [6.45, 7) is 5.12. The van der Waals surface area contributed by atoms with Gasteiger partial charge in [0, 0.05) is 24.8 Å². The predicted molar refractivity (Wildman–Crippen MR) is 44.9 cm³/mol. The summed E-state index contributed by atoms with van der Waals surface area (Å²) >= 11 is 0. The molecule has 0 fully saturated rings. The summed E-state index contributed by atoms with van der Waals surface area (Å²) in [5.41, 5.74) is 2.32. The minimum absolute atomic E-state index is 0.404. The van der Waals surface area contributed by atoms with Gasteiger partial charge < -0.3 is 5.32 Å². The first kappa shape index (κ1) is 7.43. The molecule has 1 aromatic rings. The minimum Gasteiger partial charge on any atom is -0.309 e. The second kappa shape index (κ2) is 2.68. The van der Waals surface area contributed by atoms with Gasteiger partial charge in [0.05, 0.1) is 0 Å². The Hall–Kier alpha value is -1.22. The molecule has 0 spiro atoms. The zero-order valence-corrected chi connectivity index (χ0v) is 6.60. The van der Waals surface area contributed by atoms with E-state index in [1.54, 1.807) is 0 Å². The van der Waals surface area contributed by atoms with Crippen molar-refractivity contribution in [3.63, 3.8) is 0 Å². The highest BCUT2D eigenvalue weighted by atomic mass is 19.1. The first-order valence-corrected chi connectivity index (χ1v) is 3.81. The summed E-state index contributed by atoms with van der Waals surface area (Å²) < 4.78 is 13.1. The standard InChI is InChI=1S/C9H9FN2/c1-6-4-11-5-7-2-3-12-9(10)8(6)7/h2-3,11H,1,4-5H2. The Bertz CT molecular complexity index is 333. The molecule has 12 heavy (non-hydrogen) atoms. The molecule has 0 aliphatic carbocycles. The van der Waals surface area contributed by atoms with Gasteiger partial charge in [-0.1, -0.05) is 6.58 Å². The van der Waals surface area contributed by atoms with Crippen molar-refractivity contribution in [1.29, 1.82) is 0 Å². The van der Waals surface area contributed by atoms with Crippen molar-refractivity contribution >= 4 is 5.57 Å². The van der Waals surface area contributed by atoms with Gasteiger partial charge in [-0.3, -0.25) is 0 Å². The van der Waals surface area contributed by atoms with E-state index in [0.29, 0.717) is 18.7 Å². The average Bonchev–Trinajstić information content (AvgIpc) is 2.04. The molecule has 1 aliphatic heterocycles. The number of nitrogens with one attached hydrogen (secondary N) is 1. The third-order valence-electron chi connectivity index (χ3n) is 2.00. The minimum atomic E-state index is -0.404. The molecule has 2 rings (SSSR count). The number of fused-ring (bicyclic) bond motifs is 1. The smallest absolute Gasteiger partial charge is 0.220 e. The molecular weight excluding hydrogens is 155 g/mol.